The summed E-state index contributed by atoms with van der Waals surface area (Å²) in [7, 11) is 0. The van der Waals surface area contributed by atoms with Crippen molar-refractivity contribution in [1.29, 1.82) is 0 Å². The van der Waals surface area contributed by atoms with Crippen LogP contribution in [0.25, 0.3) is 0 Å². The third-order valence-corrected chi connectivity index (χ3v) is 5.49. The molecule has 2 atom stereocenters. The van der Waals surface area contributed by atoms with Crippen LogP contribution in [0.3, 0.4) is 0 Å². The maximum Gasteiger partial charge on any atom is 0.233 e. The lowest BCUT2D eigenvalue weighted by molar-refractivity contribution is -0.129. The van der Waals surface area contributed by atoms with Crippen molar-refractivity contribution >= 4 is 44.9 Å². The predicted molar refractivity (Wildman–Crippen MR) is 72.0 cm³/mol. The quantitative estimate of drug-likeness (QED) is 0.872. The molecular weight excluding hydrogens is 326 g/mol. The minimum absolute atomic E-state index is 0.0111. The van der Waals surface area contributed by atoms with E-state index in [9.17, 15) is 9.90 Å². The van der Waals surface area contributed by atoms with E-state index < -0.39 is 6.10 Å². The molecule has 4 nitrogen and oxygen atoms in total. The monoisotopic (exact) mass is 337 g/mol. The third kappa shape index (κ3) is 3.03. The van der Waals surface area contributed by atoms with Gasteiger partial charge in [0.2, 0.25) is 5.91 Å². The molecule has 1 saturated heterocycles. The Kier molecular flexibility index (Phi) is 4.48. The summed E-state index contributed by atoms with van der Waals surface area (Å²) in [4.78, 5) is 14.4. The molecule has 0 aliphatic carbocycles. The van der Waals surface area contributed by atoms with Gasteiger partial charge in [0.15, 0.2) is 0 Å². The van der Waals surface area contributed by atoms with E-state index in [1.54, 1.807) is 28.0 Å². The number of aliphatic hydroxyl groups is 2. The summed E-state index contributed by atoms with van der Waals surface area (Å²) < 4.78 is 1.02. The fourth-order valence-electron chi connectivity index (χ4n) is 1.63. The highest BCUT2D eigenvalue weighted by Gasteiger charge is 2.34. The fourth-order valence-corrected chi connectivity index (χ4v) is 4.49. The molecule has 0 radical (unpaired) electrons. The average Bonchev–Trinajstić information content (AvgIpc) is 2.87. The maximum atomic E-state index is 11.7. The van der Waals surface area contributed by atoms with Crippen molar-refractivity contribution in [3.8, 4) is 0 Å². The Balaban J connectivity index is 2.13. The van der Waals surface area contributed by atoms with Gasteiger partial charge in [-0.25, -0.2) is 0 Å². The molecule has 1 aromatic heterocycles. The maximum absolute atomic E-state index is 11.7. The van der Waals surface area contributed by atoms with Crippen LogP contribution in [-0.2, 0) is 4.79 Å². The number of amides is 1. The summed E-state index contributed by atoms with van der Waals surface area (Å²) >= 11 is 6.53. The van der Waals surface area contributed by atoms with Gasteiger partial charge in [0.25, 0.3) is 0 Å². The molecule has 2 N–H and O–H groups in total. The number of hydrogen-bond donors (Lipinski definition) is 2. The molecule has 17 heavy (non-hydrogen) atoms. The number of rotatable bonds is 4. The Morgan fingerprint density at radius 3 is 2.94 bits per heavy atom. The summed E-state index contributed by atoms with van der Waals surface area (Å²) in [6.45, 7) is -0.141. The minimum Gasteiger partial charge on any atom is -0.394 e. The number of β-amino-alcohol motifs (C(OH)–C–C–N with tert-alkyl or cyclic N) is 1. The zero-order valence-electron chi connectivity index (χ0n) is 8.88. The molecule has 1 aliphatic rings. The van der Waals surface area contributed by atoms with Gasteiger partial charge in [0.1, 0.15) is 5.37 Å². The van der Waals surface area contributed by atoms with Crippen LogP contribution in [0.15, 0.2) is 15.9 Å². The van der Waals surface area contributed by atoms with Crippen LogP contribution in [0.2, 0.25) is 0 Å². The van der Waals surface area contributed by atoms with Crippen molar-refractivity contribution in [3.05, 3.63) is 20.8 Å². The molecule has 1 unspecified atom stereocenters. The van der Waals surface area contributed by atoms with Gasteiger partial charge in [-0.05, 0) is 28.1 Å². The molecule has 0 spiro atoms. The highest BCUT2D eigenvalue weighted by Crippen LogP contribution is 2.42. The number of halogens is 1. The van der Waals surface area contributed by atoms with E-state index in [0.717, 1.165) is 8.66 Å². The summed E-state index contributed by atoms with van der Waals surface area (Å²) in [6, 6.07) is 3.92. The second-order valence-corrected chi connectivity index (χ2v) is 7.25. The van der Waals surface area contributed by atoms with E-state index >= 15 is 0 Å². The van der Waals surface area contributed by atoms with E-state index in [1.165, 1.54) is 0 Å². The lowest BCUT2D eigenvalue weighted by Gasteiger charge is -2.24. The first-order valence-corrected chi connectivity index (χ1v) is 7.73. The van der Waals surface area contributed by atoms with Crippen LogP contribution in [0, 0.1) is 0 Å². The largest absolute Gasteiger partial charge is 0.394 e. The second-order valence-electron chi connectivity index (χ2n) is 3.69. The smallest absolute Gasteiger partial charge is 0.233 e. The van der Waals surface area contributed by atoms with Crippen LogP contribution in [0.5, 0.6) is 0 Å². The number of thiophene rings is 1. The Morgan fingerprint density at radius 2 is 2.35 bits per heavy atom. The number of nitrogens with zero attached hydrogens (tertiary/aromatic N) is 1. The van der Waals surface area contributed by atoms with Gasteiger partial charge in [0, 0.05) is 4.88 Å². The van der Waals surface area contributed by atoms with Crippen molar-refractivity contribution in [1.82, 2.24) is 4.90 Å². The Bertz CT molecular complexity index is 412. The molecule has 0 aromatic carbocycles. The van der Waals surface area contributed by atoms with Gasteiger partial charge in [-0.3, -0.25) is 4.79 Å². The Morgan fingerprint density at radius 1 is 1.59 bits per heavy atom. The normalized spacial score (nSPS) is 22.2. The van der Waals surface area contributed by atoms with Crippen molar-refractivity contribution in [2.75, 3.05) is 18.9 Å². The molecule has 7 heteroatoms. The predicted octanol–water partition coefficient (Wildman–Crippen LogP) is 1.44. The van der Waals surface area contributed by atoms with E-state index in [1.807, 2.05) is 12.1 Å². The number of aliphatic hydroxyl groups excluding tert-OH is 2. The van der Waals surface area contributed by atoms with Crippen LogP contribution in [-0.4, -0.2) is 46.0 Å². The first-order chi connectivity index (χ1) is 8.11. The summed E-state index contributed by atoms with van der Waals surface area (Å²) in [5.74, 6) is 0.440. The molecule has 94 valence electrons. The average molecular weight is 338 g/mol. The van der Waals surface area contributed by atoms with Gasteiger partial charge in [0.05, 0.1) is 28.8 Å². The van der Waals surface area contributed by atoms with E-state index in [-0.39, 0.29) is 24.4 Å². The van der Waals surface area contributed by atoms with E-state index in [4.69, 9.17) is 5.11 Å². The van der Waals surface area contributed by atoms with Gasteiger partial charge in [-0.2, -0.15) is 0 Å². The topological polar surface area (TPSA) is 60.8 Å². The Labute approximate surface area is 116 Å². The number of carbonyl (C=O) groups excluding carboxylic acids is 1. The molecule has 0 bridgehead atoms. The van der Waals surface area contributed by atoms with Gasteiger partial charge in [-0.15, -0.1) is 23.1 Å². The van der Waals surface area contributed by atoms with Crippen molar-refractivity contribution in [2.45, 2.75) is 11.5 Å². The molecule has 1 fully saturated rings. The summed E-state index contributed by atoms with van der Waals surface area (Å²) in [6.07, 6.45) is -0.872. The first-order valence-electron chi connectivity index (χ1n) is 5.07. The second kappa shape index (κ2) is 5.71. The Hall–Kier alpha value is -0.0800. The highest BCUT2D eigenvalue weighted by molar-refractivity contribution is 9.11. The van der Waals surface area contributed by atoms with E-state index in [0.29, 0.717) is 5.75 Å². The van der Waals surface area contributed by atoms with Crippen LogP contribution < -0.4 is 0 Å². The van der Waals surface area contributed by atoms with Gasteiger partial charge >= 0.3 is 0 Å². The molecule has 2 heterocycles. The third-order valence-electron chi connectivity index (χ3n) is 2.42. The lowest BCUT2D eigenvalue weighted by atomic mass is 10.3. The highest BCUT2D eigenvalue weighted by atomic mass is 79.9. The van der Waals surface area contributed by atoms with Crippen molar-refractivity contribution < 1.29 is 15.0 Å². The molecule has 1 aliphatic heterocycles. The molecule has 1 aromatic rings. The van der Waals surface area contributed by atoms with E-state index in [2.05, 4.69) is 15.9 Å². The first kappa shape index (κ1) is 13.4. The lowest BCUT2D eigenvalue weighted by Crippen LogP contribution is -2.36. The van der Waals surface area contributed by atoms with Crippen molar-refractivity contribution in [2.24, 2.45) is 0 Å². The van der Waals surface area contributed by atoms with Crippen LogP contribution in [0.1, 0.15) is 10.3 Å². The molecule has 2 rings (SSSR count). The summed E-state index contributed by atoms with van der Waals surface area (Å²) in [5.41, 5.74) is 0. The standard InChI is InChI=1S/C10H12BrNO3S2/c11-8-2-1-7(17-8)10-12(3-6(14)4-13)9(15)5-16-10/h1-2,6,10,13-14H,3-5H2/t6-,10?/m0/s1. The molecule has 1 amide bonds. The van der Waals surface area contributed by atoms with Gasteiger partial charge < -0.3 is 15.1 Å². The van der Waals surface area contributed by atoms with Gasteiger partial charge in [-0.1, -0.05) is 0 Å². The van der Waals surface area contributed by atoms with Crippen LogP contribution >= 0.6 is 39.0 Å². The fraction of sp³-hybridized carbons (Fsp3) is 0.500. The SMILES string of the molecule is O=C1CSC(c2ccc(Br)s2)N1C[C@H](O)CO. The zero-order valence-corrected chi connectivity index (χ0v) is 12.1. The minimum atomic E-state index is -0.872. The summed E-state index contributed by atoms with van der Waals surface area (Å²) in [5, 5.41) is 18.2. The molecular formula is C10H12BrNO3S2. The van der Waals surface area contributed by atoms with Crippen molar-refractivity contribution in [3.63, 3.8) is 0 Å². The number of thioether (sulfide) groups is 1. The number of carbonyl (C=O) groups is 1. The van der Waals surface area contributed by atoms with Crippen LogP contribution in [0.4, 0.5) is 0 Å². The number of hydrogen-bond acceptors (Lipinski definition) is 5. The molecule has 0 saturated carbocycles. The zero-order chi connectivity index (χ0) is 12.4.